The van der Waals surface area contributed by atoms with Crippen LogP contribution in [0.2, 0.25) is 0 Å². The van der Waals surface area contributed by atoms with Gasteiger partial charge in [0.2, 0.25) is 0 Å². The van der Waals surface area contributed by atoms with Crippen LogP contribution in [0.4, 0.5) is 0 Å². The van der Waals surface area contributed by atoms with Crippen LogP contribution in [0.1, 0.15) is 55.8 Å². The number of aryl methyl sites for hydroxylation is 2. The molecule has 0 aliphatic rings. The Balaban J connectivity index is 2.82. The molecule has 0 aromatic heterocycles. The quantitative estimate of drug-likeness (QED) is 0.582. The van der Waals surface area contributed by atoms with Gasteiger partial charge in [0, 0.05) is 6.04 Å². The van der Waals surface area contributed by atoms with Gasteiger partial charge in [-0.3, -0.25) is 11.3 Å². The summed E-state index contributed by atoms with van der Waals surface area (Å²) in [4.78, 5) is 0. The van der Waals surface area contributed by atoms with Gasteiger partial charge in [-0.05, 0) is 37.3 Å². The summed E-state index contributed by atoms with van der Waals surface area (Å²) in [5.41, 5.74) is 6.94. The molecule has 0 amide bonds. The molecule has 0 saturated heterocycles. The molecule has 1 aromatic rings. The monoisotopic (exact) mass is 234 g/mol. The first-order valence-corrected chi connectivity index (χ1v) is 6.61. The highest BCUT2D eigenvalue weighted by atomic mass is 15.2. The molecule has 2 unspecified atom stereocenters. The molecule has 1 rings (SSSR count). The van der Waals surface area contributed by atoms with E-state index in [1.807, 2.05) is 0 Å². The molecule has 2 heteroatoms. The Kier molecular flexibility index (Phi) is 5.66. The minimum Gasteiger partial charge on any atom is -0.271 e. The fourth-order valence-corrected chi connectivity index (χ4v) is 2.43. The largest absolute Gasteiger partial charge is 0.271 e. The van der Waals surface area contributed by atoms with E-state index in [4.69, 9.17) is 5.84 Å². The summed E-state index contributed by atoms with van der Waals surface area (Å²) >= 11 is 0. The molecule has 0 saturated carbocycles. The second kappa shape index (κ2) is 6.77. The highest BCUT2D eigenvalue weighted by molar-refractivity contribution is 5.32. The predicted molar refractivity (Wildman–Crippen MR) is 74.7 cm³/mol. The van der Waals surface area contributed by atoms with Crippen molar-refractivity contribution in [1.82, 2.24) is 5.43 Å². The lowest BCUT2D eigenvalue weighted by Gasteiger charge is -2.22. The van der Waals surface area contributed by atoms with Crippen LogP contribution in [0.15, 0.2) is 18.2 Å². The van der Waals surface area contributed by atoms with Crippen LogP contribution in [0.25, 0.3) is 0 Å². The number of hydrogen-bond acceptors (Lipinski definition) is 2. The second-order valence-electron chi connectivity index (χ2n) is 5.21. The molecule has 96 valence electrons. The molecular formula is C15H26N2. The Morgan fingerprint density at radius 2 is 2.00 bits per heavy atom. The van der Waals surface area contributed by atoms with Gasteiger partial charge in [-0.2, -0.15) is 0 Å². The van der Waals surface area contributed by atoms with Crippen molar-refractivity contribution in [3.8, 4) is 0 Å². The second-order valence-corrected chi connectivity index (χ2v) is 5.21. The van der Waals surface area contributed by atoms with Gasteiger partial charge in [0.05, 0.1) is 0 Å². The van der Waals surface area contributed by atoms with Gasteiger partial charge in [-0.1, -0.05) is 50.5 Å². The minimum absolute atomic E-state index is 0.274. The van der Waals surface area contributed by atoms with Crippen molar-refractivity contribution in [3.05, 3.63) is 34.9 Å². The maximum absolute atomic E-state index is 5.72. The summed E-state index contributed by atoms with van der Waals surface area (Å²) in [5.74, 6) is 6.43. The van der Waals surface area contributed by atoms with Gasteiger partial charge in [0.1, 0.15) is 0 Å². The van der Waals surface area contributed by atoms with Crippen LogP contribution in [-0.4, -0.2) is 0 Å². The predicted octanol–water partition coefficient (Wildman–Crippen LogP) is 3.63. The van der Waals surface area contributed by atoms with Crippen molar-refractivity contribution in [1.29, 1.82) is 0 Å². The van der Waals surface area contributed by atoms with Gasteiger partial charge in [0.25, 0.3) is 0 Å². The van der Waals surface area contributed by atoms with Gasteiger partial charge >= 0.3 is 0 Å². The summed E-state index contributed by atoms with van der Waals surface area (Å²) in [6.45, 7) is 8.83. The van der Waals surface area contributed by atoms with Crippen molar-refractivity contribution < 1.29 is 0 Å². The van der Waals surface area contributed by atoms with E-state index in [1.54, 1.807) is 0 Å². The van der Waals surface area contributed by atoms with Crippen molar-refractivity contribution in [3.63, 3.8) is 0 Å². The van der Waals surface area contributed by atoms with Gasteiger partial charge < -0.3 is 0 Å². The molecular weight excluding hydrogens is 208 g/mol. The lowest BCUT2D eigenvalue weighted by Crippen LogP contribution is -2.30. The normalized spacial score (nSPS) is 14.6. The highest BCUT2D eigenvalue weighted by Gasteiger charge is 2.15. The van der Waals surface area contributed by atoms with E-state index >= 15 is 0 Å². The summed E-state index contributed by atoms with van der Waals surface area (Å²) in [5, 5.41) is 0. The Hall–Kier alpha value is -0.860. The first-order valence-electron chi connectivity index (χ1n) is 6.61. The van der Waals surface area contributed by atoms with Gasteiger partial charge in [-0.25, -0.2) is 0 Å². The third kappa shape index (κ3) is 4.14. The molecule has 2 nitrogen and oxygen atoms in total. The molecule has 17 heavy (non-hydrogen) atoms. The van der Waals surface area contributed by atoms with Crippen molar-refractivity contribution in [2.24, 2.45) is 11.8 Å². The first-order chi connectivity index (χ1) is 8.08. The fourth-order valence-electron chi connectivity index (χ4n) is 2.43. The van der Waals surface area contributed by atoms with Crippen molar-refractivity contribution in [2.75, 3.05) is 0 Å². The van der Waals surface area contributed by atoms with E-state index in [9.17, 15) is 0 Å². The van der Waals surface area contributed by atoms with Crippen LogP contribution in [0, 0.1) is 19.8 Å². The zero-order chi connectivity index (χ0) is 12.8. The molecule has 0 fully saturated rings. The van der Waals surface area contributed by atoms with Crippen LogP contribution in [0.5, 0.6) is 0 Å². The maximum atomic E-state index is 5.72. The van der Waals surface area contributed by atoms with Crippen molar-refractivity contribution >= 4 is 0 Å². The van der Waals surface area contributed by atoms with Crippen LogP contribution < -0.4 is 11.3 Å². The lowest BCUT2D eigenvalue weighted by atomic mass is 9.90. The van der Waals surface area contributed by atoms with E-state index in [2.05, 4.69) is 51.3 Å². The standard InChI is InChI=1S/C15H26N2/c1-5-6-11(2)10-15(17-16)14-9-12(3)7-8-13(14)4/h7-9,11,15,17H,5-6,10,16H2,1-4H3. The lowest BCUT2D eigenvalue weighted by molar-refractivity contribution is 0.393. The fraction of sp³-hybridized carbons (Fsp3) is 0.600. The molecule has 0 heterocycles. The van der Waals surface area contributed by atoms with Crippen LogP contribution in [0.3, 0.4) is 0 Å². The molecule has 1 aromatic carbocycles. The third-order valence-corrected chi connectivity index (χ3v) is 3.43. The number of rotatable bonds is 6. The molecule has 3 N–H and O–H groups in total. The highest BCUT2D eigenvalue weighted by Crippen LogP contribution is 2.26. The SMILES string of the molecule is CCCC(C)CC(NN)c1cc(C)ccc1C. The number of benzene rings is 1. The zero-order valence-corrected chi connectivity index (χ0v) is 11.6. The smallest absolute Gasteiger partial charge is 0.0465 e. The molecule has 2 atom stereocenters. The Labute approximate surface area is 106 Å². The Bertz CT molecular complexity index is 347. The molecule has 0 aliphatic carbocycles. The van der Waals surface area contributed by atoms with E-state index < -0.39 is 0 Å². The van der Waals surface area contributed by atoms with E-state index in [1.165, 1.54) is 29.5 Å². The first kappa shape index (κ1) is 14.2. The minimum atomic E-state index is 0.274. The topological polar surface area (TPSA) is 38.0 Å². The molecule has 0 radical (unpaired) electrons. The maximum Gasteiger partial charge on any atom is 0.0465 e. The Morgan fingerprint density at radius 1 is 1.29 bits per heavy atom. The Morgan fingerprint density at radius 3 is 2.59 bits per heavy atom. The molecule has 0 spiro atoms. The number of hydrazine groups is 1. The third-order valence-electron chi connectivity index (χ3n) is 3.43. The average molecular weight is 234 g/mol. The molecule has 0 aliphatic heterocycles. The molecule has 0 bridgehead atoms. The summed E-state index contributed by atoms with van der Waals surface area (Å²) in [6, 6.07) is 6.86. The van der Waals surface area contributed by atoms with Crippen LogP contribution >= 0.6 is 0 Å². The van der Waals surface area contributed by atoms with Gasteiger partial charge in [0.15, 0.2) is 0 Å². The van der Waals surface area contributed by atoms with E-state index in [0.717, 1.165) is 6.42 Å². The number of hydrogen-bond donors (Lipinski definition) is 2. The van der Waals surface area contributed by atoms with Crippen molar-refractivity contribution in [2.45, 2.75) is 53.0 Å². The van der Waals surface area contributed by atoms with Gasteiger partial charge in [-0.15, -0.1) is 0 Å². The summed E-state index contributed by atoms with van der Waals surface area (Å²) in [7, 11) is 0. The van der Waals surface area contributed by atoms with E-state index in [0.29, 0.717) is 5.92 Å². The van der Waals surface area contributed by atoms with E-state index in [-0.39, 0.29) is 6.04 Å². The summed E-state index contributed by atoms with van der Waals surface area (Å²) < 4.78 is 0. The number of nitrogens with two attached hydrogens (primary N) is 1. The summed E-state index contributed by atoms with van der Waals surface area (Å²) in [6.07, 6.45) is 3.61. The number of nitrogens with one attached hydrogen (secondary N) is 1. The zero-order valence-electron chi connectivity index (χ0n) is 11.6. The average Bonchev–Trinajstić information content (AvgIpc) is 2.30. The van der Waals surface area contributed by atoms with Crippen LogP contribution in [-0.2, 0) is 0 Å².